The van der Waals surface area contributed by atoms with Crippen LogP contribution < -0.4 is 5.32 Å². The van der Waals surface area contributed by atoms with E-state index in [1.54, 1.807) is 0 Å². The van der Waals surface area contributed by atoms with E-state index in [0.29, 0.717) is 13.0 Å². The number of carbonyl (C=O) groups excluding carboxylic acids is 1. The number of hydrogen-bond acceptors (Lipinski definition) is 5. The molecule has 1 saturated heterocycles. The highest BCUT2D eigenvalue weighted by molar-refractivity contribution is 5.79. The highest BCUT2D eigenvalue weighted by Gasteiger charge is 2.26. The number of rotatable bonds is 4. The number of nitrogens with one attached hydrogen (secondary N) is 2. The number of aromatic amines is 1. The Balaban J connectivity index is 1.40. The first-order valence-corrected chi connectivity index (χ1v) is 7.79. The SMILES string of the molecule is O=C(NCCN1CCCOCC1)C1CCc2n[nH]nc2C1. The average molecular weight is 293 g/mol. The third-order valence-electron chi connectivity index (χ3n) is 4.29. The predicted molar refractivity (Wildman–Crippen MR) is 76.8 cm³/mol. The standard InChI is InChI=1S/C14H23N5O2/c20-14(11-2-3-12-13(10-11)17-18-16-12)15-4-6-19-5-1-8-21-9-7-19/h11H,1-10H2,(H,15,20)(H,16,17,18). The Hall–Kier alpha value is -1.47. The van der Waals surface area contributed by atoms with Gasteiger partial charge in [0.1, 0.15) is 0 Å². The zero-order valence-electron chi connectivity index (χ0n) is 12.3. The van der Waals surface area contributed by atoms with Gasteiger partial charge in [0.15, 0.2) is 0 Å². The maximum atomic E-state index is 12.2. The van der Waals surface area contributed by atoms with Crippen molar-refractivity contribution < 1.29 is 9.53 Å². The summed E-state index contributed by atoms with van der Waals surface area (Å²) in [6, 6.07) is 0. The van der Waals surface area contributed by atoms with Crippen molar-refractivity contribution in [3.63, 3.8) is 0 Å². The van der Waals surface area contributed by atoms with Crippen molar-refractivity contribution >= 4 is 5.91 Å². The van der Waals surface area contributed by atoms with Crippen molar-refractivity contribution in [3.8, 4) is 0 Å². The molecule has 1 fully saturated rings. The highest BCUT2D eigenvalue weighted by Crippen LogP contribution is 2.22. The molecule has 0 aromatic carbocycles. The zero-order valence-corrected chi connectivity index (χ0v) is 12.3. The minimum Gasteiger partial charge on any atom is -0.380 e. The van der Waals surface area contributed by atoms with Gasteiger partial charge < -0.3 is 10.1 Å². The predicted octanol–water partition coefficient (Wildman–Crippen LogP) is -0.252. The van der Waals surface area contributed by atoms with E-state index in [2.05, 4.69) is 25.6 Å². The molecule has 0 bridgehead atoms. The van der Waals surface area contributed by atoms with Gasteiger partial charge in [-0.25, -0.2) is 0 Å². The summed E-state index contributed by atoms with van der Waals surface area (Å²) in [7, 11) is 0. The number of carbonyl (C=O) groups is 1. The van der Waals surface area contributed by atoms with Crippen molar-refractivity contribution in [2.75, 3.05) is 39.4 Å². The Labute approximate surface area is 124 Å². The normalized spacial score (nSPS) is 23.3. The number of nitrogens with zero attached hydrogens (tertiary/aromatic N) is 3. The van der Waals surface area contributed by atoms with Gasteiger partial charge in [-0.2, -0.15) is 15.4 Å². The topological polar surface area (TPSA) is 83.1 Å². The van der Waals surface area contributed by atoms with E-state index in [-0.39, 0.29) is 11.8 Å². The van der Waals surface area contributed by atoms with Gasteiger partial charge in [-0.15, -0.1) is 0 Å². The average Bonchev–Trinajstić information content (AvgIpc) is 2.82. The molecule has 3 rings (SSSR count). The van der Waals surface area contributed by atoms with E-state index in [4.69, 9.17) is 4.74 Å². The van der Waals surface area contributed by atoms with Gasteiger partial charge in [-0.3, -0.25) is 9.69 Å². The van der Waals surface area contributed by atoms with Crippen LogP contribution in [0.25, 0.3) is 0 Å². The van der Waals surface area contributed by atoms with Crippen LogP contribution in [0.3, 0.4) is 0 Å². The summed E-state index contributed by atoms with van der Waals surface area (Å²) >= 11 is 0. The fourth-order valence-corrected chi connectivity index (χ4v) is 3.01. The number of hydrogen-bond donors (Lipinski definition) is 2. The summed E-state index contributed by atoms with van der Waals surface area (Å²) in [5, 5.41) is 13.9. The molecule has 7 heteroatoms. The lowest BCUT2D eigenvalue weighted by Gasteiger charge is -2.22. The zero-order chi connectivity index (χ0) is 14.5. The number of fused-ring (bicyclic) bond motifs is 1. The first kappa shape index (κ1) is 14.5. The molecule has 0 radical (unpaired) electrons. The second kappa shape index (κ2) is 7.00. The van der Waals surface area contributed by atoms with Crippen LogP contribution in [0.5, 0.6) is 0 Å². The summed E-state index contributed by atoms with van der Waals surface area (Å²) in [6.07, 6.45) is 3.48. The molecule has 0 saturated carbocycles. The van der Waals surface area contributed by atoms with Crippen LogP contribution in [0.4, 0.5) is 0 Å². The number of H-pyrrole nitrogens is 1. The molecule has 21 heavy (non-hydrogen) atoms. The van der Waals surface area contributed by atoms with Crippen molar-refractivity contribution in [2.45, 2.75) is 25.7 Å². The quantitative estimate of drug-likeness (QED) is 0.800. The van der Waals surface area contributed by atoms with Crippen LogP contribution in [0, 0.1) is 5.92 Å². The monoisotopic (exact) mass is 293 g/mol. The summed E-state index contributed by atoms with van der Waals surface area (Å²) < 4.78 is 5.43. The number of amides is 1. The summed E-state index contributed by atoms with van der Waals surface area (Å²) in [5.74, 6) is 0.185. The van der Waals surface area contributed by atoms with E-state index in [9.17, 15) is 4.79 Å². The second-order valence-corrected chi connectivity index (χ2v) is 5.76. The van der Waals surface area contributed by atoms with Gasteiger partial charge in [0.05, 0.1) is 18.0 Å². The largest absolute Gasteiger partial charge is 0.380 e. The van der Waals surface area contributed by atoms with Crippen LogP contribution in [-0.4, -0.2) is 65.6 Å². The molecule has 2 aliphatic rings. The van der Waals surface area contributed by atoms with Crippen molar-refractivity contribution in [1.82, 2.24) is 25.6 Å². The number of aromatic nitrogens is 3. The summed E-state index contributed by atoms with van der Waals surface area (Å²) in [4.78, 5) is 14.6. The molecule has 1 atom stereocenters. The molecule has 1 aliphatic heterocycles. The Morgan fingerprint density at radius 2 is 2.24 bits per heavy atom. The molecule has 7 nitrogen and oxygen atoms in total. The van der Waals surface area contributed by atoms with E-state index in [1.165, 1.54) is 0 Å². The smallest absolute Gasteiger partial charge is 0.223 e. The Bertz CT molecular complexity index is 468. The van der Waals surface area contributed by atoms with Gasteiger partial charge in [-0.1, -0.05) is 0 Å². The molecule has 1 aliphatic carbocycles. The molecule has 1 unspecified atom stereocenters. The Morgan fingerprint density at radius 1 is 1.33 bits per heavy atom. The van der Waals surface area contributed by atoms with Gasteiger partial charge in [0, 0.05) is 45.1 Å². The fourth-order valence-electron chi connectivity index (χ4n) is 3.01. The molecule has 2 heterocycles. The molecule has 2 N–H and O–H groups in total. The molecule has 0 spiro atoms. The number of aryl methyl sites for hydroxylation is 1. The number of ether oxygens (including phenoxy) is 1. The molecular formula is C14H23N5O2. The Kier molecular flexibility index (Phi) is 4.82. The first-order valence-electron chi connectivity index (χ1n) is 7.79. The van der Waals surface area contributed by atoms with Crippen LogP contribution in [0.2, 0.25) is 0 Å². The van der Waals surface area contributed by atoms with E-state index >= 15 is 0 Å². The molecular weight excluding hydrogens is 270 g/mol. The van der Waals surface area contributed by atoms with Gasteiger partial charge in [0.25, 0.3) is 0 Å². The van der Waals surface area contributed by atoms with E-state index < -0.39 is 0 Å². The van der Waals surface area contributed by atoms with Gasteiger partial charge in [0.2, 0.25) is 5.91 Å². The molecule has 1 amide bonds. The molecule has 1 aromatic heterocycles. The minimum atomic E-state index is 0.0371. The van der Waals surface area contributed by atoms with Crippen molar-refractivity contribution in [2.24, 2.45) is 5.92 Å². The Morgan fingerprint density at radius 3 is 3.19 bits per heavy atom. The van der Waals surface area contributed by atoms with Crippen LogP contribution >= 0.6 is 0 Å². The van der Waals surface area contributed by atoms with Crippen molar-refractivity contribution in [1.29, 1.82) is 0 Å². The van der Waals surface area contributed by atoms with Crippen LogP contribution in [-0.2, 0) is 22.4 Å². The fraction of sp³-hybridized carbons (Fsp3) is 0.786. The van der Waals surface area contributed by atoms with Gasteiger partial charge >= 0.3 is 0 Å². The maximum absolute atomic E-state index is 12.2. The van der Waals surface area contributed by atoms with Crippen LogP contribution in [0.1, 0.15) is 24.2 Å². The minimum absolute atomic E-state index is 0.0371. The lowest BCUT2D eigenvalue weighted by atomic mass is 9.89. The third-order valence-corrected chi connectivity index (χ3v) is 4.29. The molecule has 1 aromatic rings. The van der Waals surface area contributed by atoms with Crippen molar-refractivity contribution in [3.05, 3.63) is 11.4 Å². The third kappa shape index (κ3) is 3.79. The highest BCUT2D eigenvalue weighted by atomic mass is 16.5. The summed E-state index contributed by atoms with van der Waals surface area (Å²) in [6.45, 7) is 5.28. The second-order valence-electron chi connectivity index (χ2n) is 5.76. The van der Waals surface area contributed by atoms with Crippen LogP contribution in [0.15, 0.2) is 0 Å². The van der Waals surface area contributed by atoms with Gasteiger partial charge in [-0.05, 0) is 19.3 Å². The first-order chi connectivity index (χ1) is 10.3. The van der Waals surface area contributed by atoms with E-state index in [1.807, 2.05) is 0 Å². The lowest BCUT2D eigenvalue weighted by Crippen LogP contribution is -2.40. The summed E-state index contributed by atoms with van der Waals surface area (Å²) in [5.41, 5.74) is 1.97. The maximum Gasteiger partial charge on any atom is 0.223 e. The lowest BCUT2D eigenvalue weighted by molar-refractivity contribution is -0.125. The molecule has 116 valence electrons. The van der Waals surface area contributed by atoms with E-state index in [0.717, 1.165) is 63.5 Å².